The van der Waals surface area contributed by atoms with Crippen molar-refractivity contribution >= 4 is 17.8 Å². The maximum Gasteiger partial charge on any atom is 0.251 e. The summed E-state index contributed by atoms with van der Waals surface area (Å²) < 4.78 is 0. The molecule has 2 aliphatic rings. The average molecular weight is 374 g/mol. The van der Waals surface area contributed by atoms with Gasteiger partial charge in [0.1, 0.15) is 5.66 Å². The van der Waals surface area contributed by atoms with E-state index >= 15 is 0 Å². The molecule has 0 saturated heterocycles. The minimum Gasteiger partial charge on any atom is -0.366 e. The smallest absolute Gasteiger partial charge is 0.251 e. The number of rotatable bonds is 6. The van der Waals surface area contributed by atoms with Gasteiger partial charge in [-0.25, -0.2) is 9.97 Å². The van der Waals surface area contributed by atoms with E-state index in [-0.39, 0.29) is 17.4 Å². The normalized spacial score (nSPS) is 25.5. The van der Waals surface area contributed by atoms with E-state index in [1.165, 1.54) is 31.7 Å². The molecule has 1 aromatic rings. The van der Waals surface area contributed by atoms with Crippen molar-refractivity contribution < 1.29 is 9.59 Å². The van der Waals surface area contributed by atoms with E-state index in [4.69, 9.17) is 5.73 Å². The Morgan fingerprint density at radius 2 is 1.74 bits per heavy atom. The first-order valence-electron chi connectivity index (χ1n) is 9.69. The zero-order valence-corrected chi connectivity index (χ0v) is 16.4. The Labute approximate surface area is 160 Å². The average Bonchev–Trinajstić information content (AvgIpc) is 2.65. The lowest BCUT2D eigenvalue weighted by molar-refractivity contribution is -0.141. The van der Waals surface area contributed by atoms with Gasteiger partial charge in [-0.05, 0) is 25.7 Å². The molecule has 0 radical (unpaired) electrons. The Morgan fingerprint density at radius 1 is 1.11 bits per heavy atom. The Kier molecular flexibility index (Phi) is 5.64. The van der Waals surface area contributed by atoms with Crippen LogP contribution in [0.5, 0.6) is 0 Å². The number of carbonyl (C=O) groups excluding carboxylic acids is 2. The molecule has 0 aliphatic heterocycles. The predicted octanol–water partition coefficient (Wildman–Crippen LogP) is 1.13. The van der Waals surface area contributed by atoms with Crippen LogP contribution < -0.4 is 16.0 Å². The highest BCUT2D eigenvalue weighted by Crippen LogP contribution is 2.44. The van der Waals surface area contributed by atoms with Gasteiger partial charge in [-0.2, -0.15) is 0 Å². The molecule has 3 rings (SSSR count). The van der Waals surface area contributed by atoms with Crippen molar-refractivity contribution in [2.75, 3.05) is 26.0 Å². The van der Waals surface area contributed by atoms with Crippen LogP contribution in [0.15, 0.2) is 12.4 Å². The summed E-state index contributed by atoms with van der Waals surface area (Å²) in [7, 11) is 5.51. The molecule has 1 aromatic heterocycles. The van der Waals surface area contributed by atoms with Gasteiger partial charge in [0.15, 0.2) is 0 Å². The fourth-order valence-electron chi connectivity index (χ4n) is 4.27. The quantitative estimate of drug-likeness (QED) is 0.723. The summed E-state index contributed by atoms with van der Waals surface area (Å²) >= 11 is 0. The van der Waals surface area contributed by atoms with E-state index in [1.54, 1.807) is 19.0 Å². The second kappa shape index (κ2) is 7.80. The molecule has 2 aliphatic carbocycles. The van der Waals surface area contributed by atoms with Gasteiger partial charge in [-0.1, -0.05) is 19.3 Å². The third-order valence-corrected chi connectivity index (χ3v) is 6.01. The molecular formula is C19H30N6O2. The van der Waals surface area contributed by atoms with Crippen LogP contribution in [-0.2, 0) is 4.79 Å². The number of nitrogens with zero attached hydrogens (tertiary/aromatic N) is 4. The molecule has 2 saturated carbocycles. The molecule has 0 bridgehead atoms. The Balaban J connectivity index is 1.88. The number of carbonyl (C=O) groups is 2. The molecule has 2 amide bonds. The molecule has 8 heteroatoms. The van der Waals surface area contributed by atoms with E-state index in [0.29, 0.717) is 12.0 Å². The molecule has 148 valence electrons. The lowest BCUT2D eigenvalue weighted by Crippen LogP contribution is -2.72. The van der Waals surface area contributed by atoms with E-state index in [9.17, 15) is 9.59 Å². The highest BCUT2D eigenvalue weighted by molar-refractivity contribution is 5.92. The molecule has 2 fully saturated rings. The van der Waals surface area contributed by atoms with Crippen LogP contribution in [0.1, 0.15) is 55.3 Å². The summed E-state index contributed by atoms with van der Waals surface area (Å²) in [6.45, 7) is 0. The number of primary amides is 1. The monoisotopic (exact) mass is 374 g/mol. The van der Waals surface area contributed by atoms with Crippen molar-refractivity contribution in [3.8, 4) is 0 Å². The first-order chi connectivity index (χ1) is 12.8. The van der Waals surface area contributed by atoms with Crippen molar-refractivity contribution in [3.05, 3.63) is 18.0 Å². The van der Waals surface area contributed by atoms with E-state index in [1.807, 2.05) is 11.9 Å². The van der Waals surface area contributed by atoms with Gasteiger partial charge in [0, 0.05) is 39.6 Å². The Morgan fingerprint density at radius 3 is 2.22 bits per heavy atom. The highest BCUT2D eigenvalue weighted by Gasteiger charge is 2.55. The minimum absolute atomic E-state index is 0.116. The summed E-state index contributed by atoms with van der Waals surface area (Å²) in [4.78, 5) is 36.4. The number of hydrogen-bond donors (Lipinski definition) is 2. The molecule has 3 N–H and O–H groups in total. The van der Waals surface area contributed by atoms with Crippen LogP contribution in [0, 0.1) is 5.92 Å². The predicted molar refractivity (Wildman–Crippen MR) is 103 cm³/mol. The summed E-state index contributed by atoms with van der Waals surface area (Å²) in [6.07, 6.45) is 10.5. The number of anilines is 1. The number of nitrogens with two attached hydrogens (primary N) is 1. The summed E-state index contributed by atoms with van der Waals surface area (Å²) in [5, 5.41) is 3.80. The first kappa shape index (κ1) is 19.5. The van der Waals surface area contributed by atoms with Crippen LogP contribution in [0.2, 0.25) is 0 Å². The van der Waals surface area contributed by atoms with Gasteiger partial charge in [-0.15, -0.1) is 0 Å². The van der Waals surface area contributed by atoms with Crippen molar-refractivity contribution in [3.63, 3.8) is 0 Å². The van der Waals surface area contributed by atoms with Gasteiger partial charge in [0.25, 0.3) is 5.91 Å². The van der Waals surface area contributed by atoms with Gasteiger partial charge in [0.2, 0.25) is 11.9 Å². The van der Waals surface area contributed by atoms with Crippen molar-refractivity contribution in [1.82, 2.24) is 20.2 Å². The van der Waals surface area contributed by atoms with E-state index in [2.05, 4.69) is 15.3 Å². The van der Waals surface area contributed by atoms with E-state index < -0.39 is 11.6 Å². The molecule has 8 nitrogen and oxygen atoms in total. The number of amides is 2. The largest absolute Gasteiger partial charge is 0.366 e. The van der Waals surface area contributed by atoms with Crippen LogP contribution >= 0.6 is 0 Å². The fraction of sp³-hybridized carbons (Fsp3) is 0.684. The molecular weight excluding hydrogens is 344 g/mol. The summed E-state index contributed by atoms with van der Waals surface area (Å²) in [5.74, 6) is -0.105. The van der Waals surface area contributed by atoms with Crippen LogP contribution in [-0.4, -0.2) is 59.5 Å². The lowest BCUT2D eigenvalue weighted by Gasteiger charge is -2.56. The molecule has 27 heavy (non-hydrogen) atoms. The second-order valence-electron chi connectivity index (χ2n) is 7.92. The van der Waals surface area contributed by atoms with Gasteiger partial charge in [-0.3, -0.25) is 14.9 Å². The fourth-order valence-corrected chi connectivity index (χ4v) is 4.27. The van der Waals surface area contributed by atoms with Crippen LogP contribution in [0.4, 0.5) is 5.95 Å². The number of aromatic nitrogens is 2. The summed E-state index contributed by atoms with van der Waals surface area (Å²) in [6, 6.07) is 0.392. The van der Waals surface area contributed by atoms with Crippen LogP contribution in [0.25, 0.3) is 0 Å². The standard InChI is InChI=1S/C19H30N6O2/c1-24(2)17(27)15-9-10-19(15,23-14-7-5-4-6-8-14)25(3)18-21-11-13(12-22-18)16(20)26/h11-12,14-15,23H,4-10H2,1-3H3,(H2,20,26)/t15-,19+/m0/s1. The Bertz CT molecular complexity index is 686. The maximum atomic E-state index is 12.8. The zero-order valence-electron chi connectivity index (χ0n) is 16.4. The SMILES string of the molecule is CN(C)C(=O)[C@@H]1CC[C@@]1(NC1CCCCC1)N(C)c1ncc(C(N)=O)cn1. The van der Waals surface area contributed by atoms with Crippen molar-refractivity contribution in [1.29, 1.82) is 0 Å². The van der Waals surface area contributed by atoms with Gasteiger partial charge < -0.3 is 15.5 Å². The Hall–Kier alpha value is -2.22. The van der Waals surface area contributed by atoms with Crippen molar-refractivity contribution in [2.24, 2.45) is 11.7 Å². The summed E-state index contributed by atoms with van der Waals surface area (Å²) in [5.41, 5.74) is 5.06. The van der Waals surface area contributed by atoms with Crippen molar-refractivity contribution in [2.45, 2.75) is 56.7 Å². The molecule has 2 atom stereocenters. The second-order valence-corrected chi connectivity index (χ2v) is 7.92. The highest BCUT2D eigenvalue weighted by atomic mass is 16.2. The lowest BCUT2D eigenvalue weighted by atomic mass is 9.70. The van der Waals surface area contributed by atoms with Gasteiger partial charge >= 0.3 is 0 Å². The molecule has 0 unspecified atom stereocenters. The topological polar surface area (TPSA) is 104 Å². The number of hydrogen-bond acceptors (Lipinski definition) is 6. The molecule has 1 heterocycles. The van der Waals surface area contributed by atoms with Gasteiger partial charge in [0.05, 0.1) is 11.5 Å². The maximum absolute atomic E-state index is 12.8. The minimum atomic E-state index is -0.552. The number of nitrogens with one attached hydrogen (secondary N) is 1. The third kappa shape index (κ3) is 3.76. The zero-order chi connectivity index (χ0) is 19.6. The van der Waals surface area contributed by atoms with Crippen LogP contribution in [0.3, 0.4) is 0 Å². The molecule has 0 spiro atoms. The third-order valence-electron chi connectivity index (χ3n) is 6.01. The van der Waals surface area contributed by atoms with E-state index in [0.717, 1.165) is 25.7 Å². The molecule has 0 aromatic carbocycles. The first-order valence-corrected chi connectivity index (χ1v) is 9.69.